The lowest BCUT2D eigenvalue weighted by molar-refractivity contribution is -0.116. The van der Waals surface area contributed by atoms with Gasteiger partial charge in [0.05, 0.1) is 12.8 Å². The number of nitrogens with one attached hydrogen (secondary N) is 2. The van der Waals surface area contributed by atoms with Crippen LogP contribution in [0, 0.1) is 0 Å². The van der Waals surface area contributed by atoms with Crippen LogP contribution in [0.4, 0.5) is 21.6 Å². The van der Waals surface area contributed by atoms with Crippen LogP contribution in [0.1, 0.15) is 79.9 Å². The second-order valence-electron chi connectivity index (χ2n) is 10.7. The average Bonchev–Trinajstić information content (AvgIpc) is 3.81. The summed E-state index contributed by atoms with van der Waals surface area (Å²) in [4.78, 5) is 29.3. The first-order chi connectivity index (χ1) is 21.7. The highest BCUT2D eigenvalue weighted by molar-refractivity contribution is 7.15. The number of aromatic nitrogens is 4. The van der Waals surface area contributed by atoms with Gasteiger partial charge in [-0.15, -0.1) is 20.4 Å². The second kappa shape index (κ2) is 17.6. The van der Waals surface area contributed by atoms with Gasteiger partial charge in [-0.3, -0.25) is 9.59 Å². The minimum atomic E-state index is -0.109. The Morgan fingerprint density at radius 3 is 1.47 bits per heavy atom. The Labute approximate surface area is 275 Å². The maximum absolute atomic E-state index is 12.6. The molecule has 1 fully saturated rings. The van der Waals surface area contributed by atoms with Crippen molar-refractivity contribution in [2.45, 2.75) is 71.6 Å². The fraction of sp³-hybridized carbons (Fsp3) is 0.455. The zero-order valence-electron chi connectivity index (χ0n) is 27.6. The predicted octanol–water partition coefficient (Wildman–Crippen LogP) is 6.99. The Hall–Kier alpha value is -3.90. The largest absolute Gasteiger partial charge is 0.378 e. The maximum atomic E-state index is 12.6. The van der Waals surface area contributed by atoms with Gasteiger partial charge in [-0.25, -0.2) is 0 Å². The van der Waals surface area contributed by atoms with Crippen LogP contribution >= 0.6 is 22.7 Å². The third-order valence-corrected chi connectivity index (χ3v) is 9.09. The summed E-state index contributed by atoms with van der Waals surface area (Å²) in [6.45, 7) is 8.00. The molecule has 2 aromatic carbocycles. The Morgan fingerprint density at radius 1 is 0.689 bits per heavy atom. The molecule has 4 aromatic rings. The van der Waals surface area contributed by atoms with Gasteiger partial charge in [0.15, 0.2) is 0 Å². The van der Waals surface area contributed by atoms with Gasteiger partial charge < -0.3 is 20.4 Å². The Kier molecular flexibility index (Phi) is 13.9. The summed E-state index contributed by atoms with van der Waals surface area (Å²) in [5.41, 5.74) is 4.01. The van der Waals surface area contributed by atoms with Gasteiger partial charge in [0.1, 0.15) is 10.0 Å². The molecule has 0 spiro atoms. The summed E-state index contributed by atoms with van der Waals surface area (Å²) in [6.07, 6.45) is 3.38. The van der Waals surface area contributed by atoms with Gasteiger partial charge in [-0.05, 0) is 54.7 Å². The Bertz CT molecular complexity index is 1410. The van der Waals surface area contributed by atoms with Crippen LogP contribution < -0.4 is 20.4 Å². The van der Waals surface area contributed by atoms with Crippen LogP contribution in [0.2, 0.25) is 0 Å². The zero-order chi connectivity index (χ0) is 32.9. The summed E-state index contributed by atoms with van der Waals surface area (Å²) in [6, 6.07) is 15.9. The fourth-order valence-electron chi connectivity index (χ4n) is 4.92. The van der Waals surface area contributed by atoms with E-state index in [9.17, 15) is 9.59 Å². The lowest BCUT2D eigenvalue weighted by Gasteiger charge is -2.13. The summed E-state index contributed by atoms with van der Waals surface area (Å²) in [5.74, 6) is 0.292. The molecule has 1 aliphatic carbocycles. The van der Waals surface area contributed by atoms with Crippen molar-refractivity contribution in [1.82, 2.24) is 20.4 Å². The van der Waals surface area contributed by atoms with Crippen molar-refractivity contribution in [3.63, 3.8) is 0 Å². The Morgan fingerprint density at radius 2 is 1.09 bits per heavy atom. The van der Waals surface area contributed by atoms with Crippen LogP contribution in [-0.4, -0.2) is 60.4 Å². The zero-order valence-corrected chi connectivity index (χ0v) is 29.3. The van der Waals surface area contributed by atoms with E-state index in [1.54, 1.807) is 0 Å². The van der Waals surface area contributed by atoms with E-state index in [1.807, 2.05) is 114 Å². The van der Waals surface area contributed by atoms with E-state index in [0.717, 1.165) is 51.8 Å². The summed E-state index contributed by atoms with van der Waals surface area (Å²) >= 11 is 2.87. The van der Waals surface area contributed by atoms with E-state index in [1.165, 1.54) is 22.7 Å². The number of anilines is 4. The molecule has 5 rings (SSSR count). The Balaban J connectivity index is 0.00000133. The van der Waals surface area contributed by atoms with Crippen LogP contribution in [0.3, 0.4) is 0 Å². The first-order valence-corrected chi connectivity index (χ1v) is 17.2. The van der Waals surface area contributed by atoms with Crippen molar-refractivity contribution in [1.29, 1.82) is 0 Å². The SMILES string of the molecule is CC.CC.CN(C)c1cccc(CC(=O)Nc2nnc(C3CC[C@H](c4nnc(NC(=O)Cc5cccc(N(C)C)c5)s4)C3)s2)c1. The van der Waals surface area contributed by atoms with Crippen molar-refractivity contribution in [2.75, 3.05) is 48.6 Å². The van der Waals surface area contributed by atoms with E-state index in [4.69, 9.17) is 0 Å². The number of benzene rings is 2. The monoisotopic (exact) mass is 650 g/mol. The molecule has 1 saturated carbocycles. The van der Waals surface area contributed by atoms with E-state index in [0.29, 0.717) is 10.3 Å². The van der Waals surface area contributed by atoms with E-state index in [-0.39, 0.29) is 36.5 Å². The second-order valence-corrected chi connectivity index (χ2v) is 12.7. The molecule has 2 heterocycles. The molecule has 1 unspecified atom stereocenters. The molecule has 2 aromatic heterocycles. The number of nitrogens with zero attached hydrogens (tertiary/aromatic N) is 6. The van der Waals surface area contributed by atoms with Crippen LogP contribution in [-0.2, 0) is 22.4 Å². The highest BCUT2D eigenvalue weighted by Crippen LogP contribution is 2.45. The molecule has 0 radical (unpaired) electrons. The maximum Gasteiger partial charge on any atom is 0.230 e. The van der Waals surface area contributed by atoms with Gasteiger partial charge >= 0.3 is 0 Å². The number of hydrogen-bond donors (Lipinski definition) is 2. The van der Waals surface area contributed by atoms with Crippen LogP contribution in [0.15, 0.2) is 48.5 Å². The molecule has 12 heteroatoms. The van der Waals surface area contributed by atoms with Crippen molar-refractivity contribution in [2.24, 2.45) is 0 Å². The number of amides is 2. The molecule has 10 nitrogen and oxygen atoms in total. The average molecular weight is 651 g/mol. The minimum absolute atomic E-state index is 0.109. The summed E-state index contributed by atoms with van der Waals surface area (Å²) < 4.78 is 0. The van der Waals surface area contributed by atoms with Gasteiger partial charge in [-0.1, -0.05) is 74.6 Å². The molecule has 242 valence electrons. The molecule has 2 N–H and O–H groups in total. The molecular weight excluding hydrogens is 605 g/mol. The molecule has 0 bridgehead atoms. The van der Waals surface area contributed by atoms with E-state index >= 15 is 0 Å². The number of hydrogen-bond acceptors (Lipinski definition) is 10. The first kappa shape index (κ1) is 35.6. The van der Waals surface area contributed by atoms with Crippen molar-refractivity contribution < 1.29 is 9.59 Å². The molecular formula is C33H46N8O2S2. The van der Waals surface area contributed by atoms with Crippen molar-refractivity contribution in [3.8, 4) is 0 Å². The standard InChI is InChI=1S/C29H34N8O2S2.2C2H6/c1-36(2)22-9-5-7-18(13-22)15-24(38)30-28-34-32-26(40-28)20-11-12-21(17-20)27-33-35-29(41-27)31-25(39)16-19-8-6-10-23(14-19)37(3)4;2*1-2/h5-10,13-14,20-21H,11-12,15-17H2,1-4H3,(H,30,34,38)(H,31,35,39);2*1-2H3/t20-,21?;;/m0../s1. The lowest BCUT2D eigenvalue weighted by atomic mass is 10.1. The van der Waals surface area contributed by atoms with Crippen molar-refractivity contribution >= 4 is 56.1 Å². The predicted molar refractivity (Wildman–Crippen MR) is 188 cm³/mol. The molecule has 2 atom stereocenters. The van der Waals surface area contributed by atoms with Gasteiger partial charge in [0, 0.05) is 51.4 Å². The molecule has 0 aliphatic heterocycles. The summed E-state index contributed by atoms with van der Waals surface area (Å²) in [5, 5.41) is 25.9. The normalized spacial score (nSPS) is 15.2. The van der Waals surface area contributed by atoms with E-state index < -0.39 is 0 Å². The topological polar surface area (TPSA) is 116 Å². The van der Waals surface area contributed by atoms with Crippen LogP contribution in [0.25, 0.3) is 0 Å². The van der Waals surface area contributed by atoms with Crippen LogP contribution in [0.5, 0.6) is 0 Å². The van der Waals surface area contributed by atoms with Gasteiger partial charge in [-0.2, -0.15) is 0 Å². The number of rotatable bonds is 10. The fourth-order valence-corrected chi connectivity index (χ4v) is 6.73. The smallest absolute Gasteiger partial charge is 0.230 e. The third kappa shape index (κ3) is 10.3. The molecule has 2 amide bonds. The highest BCUT2D eigenvalue weighted by atomic mass is 32.1. The quantitative estimate of drug-likeness (QED) is 0.189. The molecule has 45 heavy (non-hydrogen) atoms. The first-order valence-electron chi connectivity index (χ1n) is 15.5. The van der Waals surface area contributed by atoms with E-state index in [2.05, 4.69) is 31.0 Å². The summed E-state index contributed by atoms with van der Waals surface area (Å²) in [7, 11) is 7.91. The van der Waals surface area contributed by atoms with Gasteiger partial charge in [0.2, 0.25) is 22.1 Å². The molecule has 1 aliphatic rings. The van der Waals surface area contributed by atoms with Gasteiger partial charge in [0.25, 0.3) is 0 Å². The third-order valence-electron chi connectivity index (χ3n) is 7.09. The van der Waals surface area contributed by atoms with Crippen molar-refractivity contribution in [3.05, 3.63) is 69.7 Å². The minimum Gasteiger partial charge on any atom is -0.378 e. The number of carbonyl (C=O) groups is 2. The lowest BCUT2D eigenvalue weighted by Crippen LogP contribution is -2.15. The molecule has 0 saturated heterocycles. The highest BCUT2D eigenvalue weighted by Gasteiger charge is 2.32. The number of carbonyl (C=O) groups excluding carboxylic acids is 2.